The van der Waals surface area contributed by atoms with Gasteiger partial charge in [-0.15, -0.1) is 0 Å². The van der Waals surface area contributed by atoms with Gasteiger partial charge in [-0.2, -0.15) is 0 Å². The normalized spacial score (nSPS) is 10.8. The number of nitrogens with one attached hydrogen (secondary N) is 1. The number of hydrogen-bond donors (Lipinski definition) is 1. The van der Waals surface area contributed by atoms with Crippen LogP contribution in [0.2, 0.25) is 10.0 Å². The molecule has 0 bridgehead atoms. The minimum atomic E-state index is -0.283. The first-order valence-corrected chi connectivity index (χ1v) is 11.3. The number of ether oxygens (including phenoxy) is 1. The molecule has 1 N–H and O–H groups in total. The molecule has 0 unspecified atom stereocenters. The topological polar surface area (TPSA) is 51.2 Å². The van der Waals surface area contributed by atoms with Crippen molar-refractivity contribution in [2.45, 2.75) is 0 Å². The quantitative estimate of drug-likeness (QED) is 0.273. The van der Waals surface area contributed by atoms with Gasteiger partial charge >= 0.3 is 0 Å². The molecule has 0 aliphatic carbocycles. The highest BCUT2D eigenvalue weighted by atomic mass is 35.5. The fourth-order valence-corrected chi connectivity index (χ4v) is 4.17. The summed E-state index contributed by atoms with van der Waals surface area (Å²) in [4.78, 5) is 18.2. The number of para-hydroxylation sites is 4. The predicted molar refractivity (Wildman–Crippen MR) is 138 cm³/mol. The van der Waals surface area contributed by atoms with E-state index in [0.717, 1.165) is 5.39 Å². The number of pyridine rings is 1. The number of halogens is 2. The molecule has 0 aliphatic rings. The first kappa shape index (κ1) is 22.0. The number of carbonyl (C=O) groups excluding carboxylic acids is 1. The van der Waals surface area contributed by atoms with E-state index in [9.17, 15) is 4.79 Å². The molecule has 5 rings (SSSR count). The zero-order chi connectivity index (χ0) is 23.5. The Labute approximate surface area is 206 Å². The summed E-state index contributed by atoms with van der Waals surface area (Å²) in [5, 5.41) is 4.72. The van der Waals surface area contributed by atoms with Crippen LogP contribution in [0.1, 0.15) is 10.4 Å². The van der Waals surface area contributed by atoms with Crippen molar-refractivity contribution >= 4 is 45.7 Å². The monoisotopic (exact) mass is 484 g/mol. The third-order valence-corrected chi connectivity index (χ3v) is 5.82. The van der Waals surface area contributed by atoms with E-state index in [-0.39, 0.29) is 5.91 Å². The number of anilines is 1. The van der Waals surface area contributed by atoms with Gasteiger partial charge in [-0.1, -0.05) is 71.7 Å². The Balaban J connectivity index is 1.54. The van der Waals surface area contributed by atoms with E-state index in [1.165, 1.54) is 0 Å². The lowest BCUT2D eigenvalue weighted by Crippen LogP contribution is -2.13. The van der Waals surface area contributed by atoms with Gasteiger partial charge in [0.05, 0.1) is 27.5 Å². The van der Waals surface area contributed by atoms with Crippen molar-refractivity contribution in [3.05, 3.63) is 119 Å². The van der Waals surface area contributed by atoms with Crippen molar-refractivity contribution in [3.63, 3.8) is 0 Å². The van der Waals surface area contributed by atoms with Crippen LogP contribution >= 0.6 is 23.2 Å². The zero-order valence-corrected chi connectivity index (χ0v) is 19.3. The molecule has 1 aromatic heterocycles. The van der Waals surface area contributed by atoms with Gasteiger partial charge in [0.15, 0.2) is 5.75 Å². The Hall–Kier alpha value is -3.86. The summed E-state index contributed by atoms with van der Waals surface area (Å²) in [7, 11) is 0. The molecule has 0 aliphatic heterocycles. The molecule has 4 nitrogen and oxygen atoms in total. The van der Waals surface area contributed by atoms with E-state index in [0.29, 0.717) is 49.6 Å². The van der Waals surface area contributed by atoms with E-state index < -0.39 is 0 Å². The maximum absolute atomic E-state index is 13.5. The third kappa shape index (κ3) is 4.60. The summed E-state index contributed by atoms with van der Waals surface area (Å²) in [6, 6.07) is 31.2. The second kappa shape index (κ2) is 9.56. The Morgan fingerprint density at radius 3 is 2.35 bits per heavy atom. The van der Waals surface area contributed by atoms with Crippen molar-refractivity contribution in [2.75, 3.05) is 5.32 Å². The van der Waals surface area contributed by atoms with Gasteiger partial charge in [-0.3, -0.25) is 4.79 Å². The van der Waals surface area contributed by atoms with Gasteiger partial charge < -0.3 is 10.1 Å². The molecule has 34 heavy (non-hydrogen) atoms. The number of hydrogen-bond acceptors (Lipinski definition) is 3. The molecular formula is C28H18Cl2N2O2. The number of benzene rings is 4. The minimum Gasteiger partial charge on any atom is -0.455 e. The van der Waals surface area contributed by atoms with Crippen LogP contribution in [0, 0.1) is 0 Å². The van der Waals surface area contributed by atoms with Crippen molar-refractivity contribution in [1.82, 2.24) is 4.98 Å². The summed E-state index contributed by atoms with van der Waals surface area (Å²) in [6.07, 6.45) is 0. The number of nitrogens with zero attached hydrogens (tertiary/aromatic N) is 1. The van der Waals surface area contributed by atoms with Crippen molar-refractivity contribution < 1.29 is 9.53 Å². The maximum atomic E-state index is 13.5. The van der Waals surface area contributed by atoms with Crippen LogP contribution in [0.15, 0.2) is 103 Å². The molecule has 1 heterocycles. The molecule has 6 heteroatoms. The number of rotatable bonds is 5. The summed E-state index contributed by atoms with van der Waals surface area (Å²) in [5.74, 6) is 0.939. The third-order valence-electron chi connectivity index (χ3n) is 5.27. The molecule has 1 amide bonds. The standard InChI is InChI=1S/C28H18Cl2N2O2/c29-18-14-15-21(23(30)16-18)26-17-22(20-10-4-5-11-24(20)31-26)28(33)32-25-12-6-7-13-27(25)34-19-8-2-1-3-9-19/h1-17H,(H,32,33). The van der Waals surface area contributed by atoms with Crippen LogP contribution in [0.4, 0.5) is 5.69 Å². The van der Waals surface area contributed by atoms with Gasteiger partial charge in [0.2, 0.25) is 0 Å². The number of amides is 1. The first-order valence-electron chi connectivity index (χ1n) is 10.6. The van der Waals surface area contributed by atoms with Crippen molar-refractivity contribution in [2.24, 2.45) is 0 Å². The number of aromatic nitrogens is 1. The van der Waals surface area contributed by atoms with Gasteiger partial charge in [-0.05, 0) is 54.6 Å². The molecule has 166 valence electrons. The Bertz CT molecular complexity index is 1500. The Morgan fingerprint density at radius 1 is 0.794 bits per heavy atom. The van der Waals surface area contributed by atoms with Crippen LogP contribution in [0.3, 0.4) is 0 Å². The highest BCUT2D eigenvalue weighted by Crippen LogP contribution is 2.33. The SMILES string of the molecule is O=C(Nc1ccccc1Oc1ccccc1)c1cc(-c2ccc(Cl)cc2Cl)nc2ccccc12. The van der Waals surface area contributed by atoms with E-state index in [4.69, 9.17) is 32.9 Å². The average Bonchev–Trinajstić information content (AvgIpc) is 2.85. The smallest absolute Gasteiger partial charge is 0.256 e. The molecule has 0 saturated heterocycles. The van der Waals surface area contributed by atoms with Crippen LogP contribution in [0.25, 0.3) is 22.2 Å². The van der Waals surface area contributed by atoms with Gasteiger partial charge in [0, 0.05) is 16.0 Å². The van der Waals surface area contributed by atoms with E-state index >= 15 is 0 Å². The Kier molecular flexibility index (Phi) is 6.17. The molecule has 0 fully saturated rings. The highest BCUT2D eigenvalue weighted by molar-refractivity contribution is 6.36. The number of carbonyl (C=O) groups is 1. The van der Waals surface area contributed by atoms with Gasteiger partial charge in [0.25, 0.3) is 5.91 Å². The van der Waals surface area contributed by atoms with Crippen LogP contribution in [0.5, 0.6) is 11.5 Å². The van der Waals surface area contributed by atoms with Crippen molar-refractivity contribution in [1.29, 1.82) is 0 Å². The minimum absolute atomic E-state index is 0.283. The molecule has 0 radical (unpaired) electrons. The summed E-state index contributed by atoms with van der Waals surface area (Å²) in [5.41, 5.74) is 2.99. The van der Waals surface area contributed by atoms with Crippen LogP contribution in [-0.2, 0) is 0 Å². The lowest BCUT2D eigenvalue weighted by atomic mass is 10.0. The lowest BCUT2D eigenvalue weighted by molar-refractivity contribution is 0.102. The number of fused-ring (bicyclic) bond motifs is 1. The van der Waals surface area contributed by atoms with Gasteiger partial charge in [0.1, 0.15) is 5.75 Å². The van der Waals surface area contributed by atoms with Gasteiger partial charge in [-0.25, -0.2) is 4.98 Å². The fraction of sp³-hybridized carbons (Fsp3) is 0. The molecule has 0 spiro atoms. The van der Waals surface area contributed by atoms with E-state index in [1.807, 2.05) is 72.8 Å². The second-order valence-electron chi connectivity index (χ2n) is 7.56. The molecule has 0 saturated carbocycles. The van der Waals surface area contributed by atoms with Crippen LogP contribution in [-0.4, -0.2) is 10.9 Å². The summed E-state index contributed by atoms with van der Waals surface area (Å²) in [6.45, 7) is 0. The molecule has 5 aromatic rings. The molecule has 4 aromatic carbocycles. The highest BCUT2D eigenvalue weighted by Gasteiger charge is 2.17. The zero-order valence-electron chi connectivity index (χ0n) is 17.8. The van der Waals surface area contributed by atoms with E-state index in [2.05, 4.69) is 5.32 Å². The molecule has 0 atom stereocenters. The predicted octanol–water partition coefficient (Wildman–Crippen LogP) is 8.25. The summed E-state index contributed by atoms with van der Waals surface area (Å²) < 4.78 is 6.00. The Morgan fingerprint density at radius 2 is 1.53 bits per heavy atom. The lowest BCUT2D eigenvalue weighted by Gasteiger charge is -2.14. The average molecular weight is 485 g/mol. The van der Waals surface area contributed by atoms with Crippen LogP contribution < -0.4 is 10.1 Å². The van der Waals surface area contributed by atoms with Crippen molar-refractivity contribution in [3.8, 4) is 22.8 Å². The first-order chi connectivity index (χ1) is 16.6. The molecular weight excluding hydrogens is 467 g/mol. The maximum Gasteiger partial charge on any atom is 0.256 e. The largest absolute Gasteiger partial charge is 0.455 e. The summed E-state index contributed by atoms with van der Waals surface area (Å²) >= 11 is 12.5. The fourth-order valence-electron chi connectivity index (χ4n) is 3.66. The van der Waals surface area contributed by atoms with E-state index in [1.54, 1.807) is 30.3 Å². The second-order valence-corrected chi connectivity index (χ2v) is 8.41.